The van der Waals surface area contributed by atoms with Gasteiger partial charge < -0.3 is 0 Å². The smallest absolute Gasteiger partial charge is 0.0587 e. The summed E-state index contributed by atoms with van der Waals surface area (Å²) in [6.45, 7) is 5.74. The number of nitrogens with zero attached hydrogens (tertiary/aromatic N) is 1. The SMILES string of the molecule is CC#N.CC(C)I. The molecule has 0 aromatic carbocycles. The van der Waals surface area contributed by atoms with Crippen LogP contribution >= 0.6 is 22.6 Å². The molecule has 0 heterocycles. The maximum Gasteiger partial charge on any atom is 0.0587 e. The van der Waals surface area contributed by atoms with Crippen LogP contribution in [-0.4, -0.2) is 3.92 Å². The van der Waals surface area contributed by atoms with Crippen LogP contribution in [0.25, 0.3) is 0 Å². The quantitative estimate of drug-likeness (QED) is 0.445. The Kier molecular flexibility index (Phi) is 13.9. The molecular formula is C5H10IN. The van der Waals surface area contributed by atoms with Crippen molar-refractivity contribution in [1.29, 1.82) is 5.26 Å². The fourth-order valence-corrected chi connectivity index (χ4v) is 0. The number of rotatable bonds is 0. The summed E-state index contributed by atoms with van der Waals surface area (Å²) in [7, 11) is 0. The standard InChI is InChI=1S/C3H7I.C2H3N/c1-3(2)4;1-2-3/h3H,1-2H3;1H3. The van der Waals surface area contributed by atoms with Gasteiger partial charge in [-0.25, -0.2) is 0 Å². The van der Waals surface area contributed by atoms with Crippen LogP contribution in [0.3, 0.4) is 0 Å². The zero-order valence-electron chi connectivity index (χ0n) is 4.90. The second-order valence-electron chi connectivity index (χ2n) is 1.24. The Labute approximate surface area is 58.9 Å². The third-order valence-electron chi connectivity index (χ3n) is 0. The van der Waals surface area contributed by atoms with E-state index in [2.05, 4.69) is 36.4 Å². The average Bonchev–Trinajstić information content (AvgIpc) is 1.33. The summed E-state index contributed by atoms with van der Waals surface area (Å²) in [6, 6.07) is 1.75. The molecule has 0 N–H and O–H groups in total. The Morgan fingerprint density at radius 1 is 1.57 bits per heavy atom. The van der Waals surface area contributed by atoms with Crippen LogP contribution in [-0.2, 0) is 0 Å². The summed E-state index contributed by atoms with van der Waals surface area (Å²) in [5, 5.41) is 7.32. The third-order valence-corrected chi connectivity index (χ3v) is 0. The highest BCUT2D eigenvalue weighted by molar-refractivity contribution is 14.1. The second kappa shape index (κ2) is 9.52. The number of alkyl halides is 1. The van der Waals surface area contributed by atoms with Gasteiger partial charge in [0.2, 0.25) is 0 Å². The van der Waals surface area contributed by atoms with Crippen LogP contribution in [0.4, 0.5) is 0 Å². The van der Waals surface area contributed by atoms with E-state index < -0.39 is 0 Å². The van der Waals surface area contributed by atoms with Crippen LogP contribution in [0.2, 0.25) is 0 Å². The summed E-state index contributed by atoms with van der Waals surface area (Å²) in [5.41, 5.74) is 0. The molecule has 42 valence electrons. The molecule has 0 fully saturated rings. The molecule has 0 aliphatic heterocycles. The minimum absolute atomic E-state index is 0.803. The topological polar surface area (TPSA) is 23.8 Å². The van der Waals surface area contributed by atoms with Gasteiger partial charge in [0.25, 0.3) is 0 Å². The summed E-state index contributed by atoms with van der Waals surface area (Å²) < 4.78 is 0.803. The molecule has 0 aromatic rings. The van der Waals surface area contributed by atoms with E-state index >= 15 is 0 Å². The monoisotopic (exact) mass is 211 g/mol. The number of hydrogen-bond acceptors (Lipinski definition) is 1. The lowest BCUT2D eigenvalue weighted by Gasteiger charge is -1.76. The van der Waals surface area contributed by atoms with E-state index in [1.807, 2.05) is 0 Å². The highest BCUT2D eigenvalue weighted by Crippen LogP contribution is 1.91. The van der Waals surface area contributed by atoms with Crippen molar-refractivity contribution >= 4 is 22.6 Å². The zero-order chi connectivity index (χ0) is 6.28. The first-order chi connectivity index (χ1) is 3.15. The lowest BCUT2D eigenvalue weighted by Crippen LogP contribution is -1.69. The Morgan fingerprint density at radius 3 is 1.57 bits per heavy atom. The van der Waals surface area contributed by atoms with Crippen molar-refractivity contribution in [2.45, 2.75) is 24.7 Å². The Bertz CT molecular complexity index is 50.8. The van der Waals surface area contributed by atoms with Gasteiger partial charge in [0.15, 0.2) is 0 Å². The van der Waals surface area contributed by atoms with Gasteiger partial charge in [0, 0.05) is 10.8 Å². The number of hydrogen-bond donors (Lipinski definition) is 0. The Balaban J connectivity index is 0. The second-order valence-corrected chi connectivity index (χ2v) is 3.73. The molecule has 0 aliphatic carbocycles. The Morgan fingerprint density at radius 2 is 1.57 bits per heavy atom. The van der Waals surface area contributed by atoms with Crippen molar-refractivity contribution in [3.8, 4) is 6.07 Å². The molecule has 0 saturated heterocycles. The van der Waals surface area contributed by atoms with Crippen LogP contribution < -0.4 is 0 Å². The molecule has 1 nitrogen and oxygen atoms in total. The van der Waals surface area contributed by atoms with Gasteiger partial charge in [-0.15, -0.1) is 0 Å². The van der Waals surface area contributed by atoms with Crippen molar-refractivity contribution in [2.75, 3.05) is 0 Å². The molecule has 0 amide bonds. The minimum atomic E-state index is 0.803. The molecule has 0 unspecified atom stereocenters. The highest BCUT2D eigenvalue weighted by Gasteiger charge is 1.70. The van der Waals surface area contributed by atoms with E-state index in [0.29, 0.717) is 0 Å². The fourth-order valence-electron chi connectivity index (χ4n) is 0. The minimum Gasteiger partial charge on any atom is -0.199 e. The van der Waals surface area contributed by atoms with Crippen molar-refractivity contribution < 1.29 is 0 Å². The lowest BCUT2D eigenvalue weighted by molar-refractivity contribution is 1.16. The van der Waals surface area contributed by atoms with Crippen LogP contribution in [0.15, 0.2) is 0 Å². The molecular weight excluding hydrogens is 201 g/mol. The van der Waals surface area contributed by atoms with Crippen molar-refractivity contribution in [3.63, 3.8) is 0 Å². The predicted octanol–water partition coefficient (Wildman–Crippen LogP) is 2.36. The normalized spacial score (nSPS) is 6.29. The van der Waals surface area contributed by atoms with Gasteiger partial charge in [-0.1, -0.05) is 36.4 Å². The van der Waals surface area contributed by atoms with E-state index in [1.54, 1.807) is 6.07 Å². The molecule has 0 atom stereocenters. The average molecular weight is 211 g/mol. The maximum atomic E-state index is 7.32. The Hall–Kier alpha value is 0.220. The van der Waals surface area contributed by atoms with Crippen molar-refractivity contribution in [1.82, 2.24) is 0 Å². The van der Waals surface area contributed by atoms with E-state index in [-0.39, 0.29) is 0 Å². The molecule has 0 spiro atoms. The third kappa shape index (κ3) is 2290. The molecule has 0 aliphatic rings. The summed E-state index contributed by atoms with van der Waals surface area (Å²) >= 11 is 2.34. The van der Waals surface area contributed by atoms with Crippen molar-refractivity contribution in [3.05, 3.63) is 0 Å². The molecule has 0 bridgehead atoms. The van der Waals surface area contributed by atoms with Gasteiger partial charge in [0.1, 0.15) is 0 Å². The molecule has 7 heavy (non-hydrogen) atoms. The van der Waals surface area contributed by atoms with Crippen molar-refractivity contribution in [2.24, 2.45) is 0 Å². The highest BCUT2D eigenvalue weighted by atomic mass is 127. The largest absolute Gasteiger partial charge is 0.199 e. The van der Waals surface area contributed by atoms with E-state index in [9.17, 15) is 0 Å². The lowest BCUT2D eigenvalue weighted by atomic mass is 10.6. The van der Waals surface area contributed by atoms with Gasteiger partial charge in [-0.05, 0) is 0 Å². The molecule has 0 saturated carbocycles. The molecule has 0 radical (unpaired) electrons. The van der Waals surface area contributed by atoms with Gasteiger partial charge in [-0.2, -0.15) is 5.26 Å². The van der Waals surface area contributed by atoms with Crippen LogP contribution in [0, 0.1) is 11.3 Å². The van der Waals surface area contributed by atoms with Gasteiger partial charge in [0.05, 0.1) is 6.07 Å². The summed E-state index contributed by atoms with van der Waals surface area (Å²) in [6.07, 6.45) is 0. The first-order valence-corrected chi connectivity index (χ1v) is 3.34. The number of halogens is 1. The van der Waals surface area contributed by atoms with Crippen LogP contribution in [0.1, 0.15) is 20.8 Å². The van der Waals surface area contributed by atoms with Gasteiger partial charge >= 0.3 is 0 Å². The first-order valence-electron chi connectivity index (χ1n) is 2.10. The maximum absolute atomic E-state index is 7.32. The summed E-state index contributed by atoms with van der Waals surface area (Å²) in [4.78, 5) is 0. The molecule has 0 rings (SSSR count). The van der Waals surface area contributed by atoms with Crippen LogP contribution in [0.5, 0.6) is 0 Å². The van der Waals surface area contributed by atoms with E-state index in [4.69, 9.17) is 5.26 Å². The zero-order valence-corrected chi connectivity index (χ0v) is 7.06. The fraction of sp³-hybridized carbons (Fsp3) is 0.800. The summed E-state index contributed by atoms with van der Waals surface area (Å²) in [5.74, 6) is 0. The first kappa shape index (κ1) is 10.3. The van der Waals surface area contributed by atoms with E-state index in [0.717, 1.165) is 3.92 Å². The van der Waals surface area contributed by atoms with E-state index in [1.165, 1.54) is 6.92 Å². The predicted molar refractivity (Wildman–Crippen MR) is 40.4 cm³/mol. The molecule has 2 heteroatoms. The number of nitriles is 1. The van der Waals surface area contributed by atoms with Gasteiger partial charge in [-0.3, -0.25) is 0 Å². The molecule has 0 aromatic heterocycles.